The van der Waals surface area contributed by atoms with E-state index < -0.39 is 23.9 Å². The minimum absolute atomic E-state index is 0.287. The monoisotopic (exact) mass is 475 g/mol. The lowest BCUT2D eigenvalue weighted by Gasteiger charge is -2.34. The number of carbonyl (C=O) groups is 2. The third-order valence-electron chi connectivity index (χ3n) is 5.61. The summed E-state index contributed by atoms with van der Waals surface area (Å²) in [5, 5.41) is 21.1. The van der Waals surface area contributed by atoms with Crippen molar-refractivity contribution in [2.24, 2.45) is 17.3 Å². The van der Waals surface area contributed by atoms with E-state index in [1.807, 2.05) is 20.8 Å². The van der Waals surface area contributed by atoms with Crippen molar-refractivity contribution in [2.45, 2.75) is 33.3 Å². The molecule has 1 aliphatic rings. The van der Waals surface area contributed by atoms with E-state index in [0.717, 1.165) is 0 Å². The first kappa shape index (κ1) is 24.9. The number of carboxylic acids is 1. The van der Waals surface area contributed by atoms with Gasteiger partial charge >= 0.3 is 5.97 Å². The summed E-state index contributed by atoms with van der Waals surface area (Å²) in [6, 6.07) is 10.2. The third-order valence-corrected chi connectivity index (χ3v) is 5.83. The van der Waals surface area contributed by atoms with Crippen molar-refractivity contribution in [2.75, 3.05) is 25.7 Å². The zero-order chi connectivity index (χ0) is 24.5. The largest absolute Gasteiger partial charge is 0.496 e. The van der Waals surface area contributed by atoms with Gasteiger partial charge in [-0.1, -0.05) is 50.6 Å². The summed E-state index contributed by atoms with van der Waals surface area (Å²) in [4.78, 5) is 26.5. The van der Waals surface area contributed by atoms with Gasteiger partial charge in [0.2, 0.25) is 5.91 Å². The molecule has 0 saturated heterocycles. The Bertz CT molecular complexity index is 1050. The number of para-hydroxylation sites is 1. The lowest BCUT2D eigenvalue weighted by atomic mass is 9.93. The van der Waals surface area contributed by atoms with Gasteiger partial charge in [0.15, 0.2) is 0 Å². The van der Waals surface area contributed by atoms with Gasteiger partial charge < -0.3 is 24.6 Å². The molecule has 0 aliphatic heterocycles. The molecule has 0 radical (unpaired) electrons. The second-order valence-corrected chi connectivity index (χ2v) is 9.90. The Morgan fingerprint density at radius 2 is 1.73 bits per heavy atom. The number of carbonyl (C=O) groups excluding carboxylic acids is 1. The van der Waals surface area contributed by atoms with Crippen LogP contribution in [0.2, 0.25) is 5.02 Å². The van der Waals surface area contributed by atoms with E-state index in [-0.39, 0.29) is 24.3 Å². The van der Waals surface area contributed by atoms with E-state index in [4.69, 9.17) is 21.1 Å². The van der Waals surface area contributed by atoms with Gasteiger partial charge in [-0.25, -0.2) is 0 Å². The molecule has 3 rings (SSSR count). The fourth-order valence-electron chi connectivity index (χ4n) is 3.99. The predicted octanol–water partition coefficient (Wildman–Crippen LogP) is 4.54. The Morgan fingerprint density at radius 3 is 2.27 bits per heavy atom. The molecule has 0 bridgehead atoms. The highest BCUT2D eigenvalue weighted by molar-refractivity contribution is 6.31. The van der Waals surface area contributed by atoms with Crippen molar-refractivity contribution in [3.8, 4) is 11.5 Å². The molecule has 0 aromatic heterocycles. The topological polar surface area (TPSA) is 96.3 Å². The van der Waals surface area contributed by atoms with Crippen molar-refractivity contribution in [3.63, 3.8) is 0 Å². The molecular weight excluding hydrogens is 446 g/mol. The summed E-state index contributed by atoms with van der Waals surface area (Å²) in [7, 11) is 2.98. The molecule has 3 atom stereocenters. The molecule has 33 heavy (non-hydrogen) atoms. The molecule has 7 nitrogen and oxygen atoms in total. The number of aliphatic hydroxyl groups excluding tert-OH is 1. The van der Waals surface area contributed by atoms with Crippen LogP contribution in [-0.2, 0) is 9.59 Å². The Kier molecular flexibility index (Phi) is 7.24. The van der Waals surface area contributed by atoms with Gasteiger partial charge in [-0.3, -0.25) is 9.59 Å². The number of benzene rings is 2. The number of aliphatic carboxylic acids is 1. The van der Waals surface area contributed by atoms with Crippen molar-refractivity contribution in [3.05, 3.63) is 52.5 Å². The zero-order valence-corrected chi connectivity index (χ0v) is 20.2. The second kappa shape index (κ2) is 9.61. The number of carboxylic acid groups (broad SMARTS) is 1. The predicted molar refractivity (Wildman–Crippen MR) is 126 cm³/mol. The molecule has 2 aromatic rings. The van der Waals surface area contributed by atoms with E-state index in [1.165, 1.54) is 19.1 Å². The molecule has 0 spiro atoms. The Balaban J connectivity index is 2.19. The van der Waals surface area contributed by atoms with Gasteiger partial charge in [0.1, 0.15) is 17.6 Å². The van der Waals surface area contributed by atoms with E-state index in [0.29, 0.717) is 33.3 Å². The highest BCUT2D eigenvalue weighted by Gasteiger charge is 2.51. The van der Waals surface area contributed by atoms with Crippen LogP contribution >= 0.6 is 11.6 Å². The number of hydrogen-bond acceptors (Lipinski definition) is 5. The van der Waals surface area contributed by atoms with Crippen LogP contribution in [0.1, 0.15) is 44.4 Å². The maximum absolute atomic E-state index is 13.6. The fraction of sp³-hybridized carbons (Fsp3) is 0.440. The summed E-state index contributed by atoms with van der Waals surface area (Å²) >= 11 is 6.36. The minimum atomic E-state index is -1.17. The fourth-order valence-corrected chi connectivity index (χ4v) is 4.21. The number of anilines is 1. The number of ether oxygens (including phenoxy) is 2. The van der Waals surface area contributed by atoms with Crippen molar-refractivity contribution in [1.82, 2.24) is 0 Å². The molecule has 1 saturated carbocycles. The van der Waals surface area contributed by atoms with Crippen LogP contribution in [0, 0.1) is 17.3 Å². The lowest BCUT2D eigenvalue weighted by Crippen LogP contribution is -2.40. The summed E-state index contributed by atoms with van der Waals surface area (Å²) in [6.45, 7) is 6.23. The first-order valence-corrected chi connectivity index (χ1v) is 11.1. The summed E-state index contributed by atoms with van der Waals surface area (Å²) in [5.74, 6) is -1.83. The number of hydrogen-bond donors (Lipinski definition) is 2. The zero-order valence-electron chi connectivity index (χ0n) is 19.5. The first-order valence-electron chi connectivity index (χ1n) is 10.7. The van der Waals surface area contributed by atoms with Crippen LogP contribution in [0.15, 0.2) is 36.4 Å². The molecule has 178 valence electrons. The van der Waals surface area contributed by atoms with E-state index in [9.17, 15) is 19.8 Å². The lowest BCUT2D eigenvalue weighted by molar-refractivity contribution is -0.140. The molecule has 1 aliphatic carbocycles. The van der Waals surface area contributed by atoms with Crippen LogP contribution in [0.5, 0.6) is 11.5 Å². The average molecular weight is 476 g/mol. The van der Waals surface area contributed by atoms with Crippen LogP contribution in [0.3, 0.4) is 0 Å². The van der Waals surface area contributed by atoms with Crippen LogP contribution in [0.25, 0.3) is 0 Å². The number of rotatable bonds is 8. The maximum atomic E-state index is 13.6. The van der Waals surface area contributed by atoms with Crippen molar-refractivity contribution >= 4 is 29.2 Å². The molecule has 2 unspecified atom stereocenters. The highest BCUT2D eigenvalue weighted by atomic mass is 35.5. The summed E-state index contributed by atoms with van der Waals surface area (Å²) in [6.07, 6.45) is -0.886. The van der Waals surface area contributed by atoms with Crippen LogP contribution in [-0.4, -0.2) is 42.9 Å². The van der Waals surface area contributed by atoms with Gasteiger partial charge in [0.05, 0.1) is 31.7 Å². The van der Waals surface area contributed by atoms with Gasteiger partial charge in [-0.05, 0) is 24.0 Å². The van der Waals surface area contributed by atoms with Gasteiger partial charge in [0.25, 0.3) is 0 Å². The standard InChI is InChI=1S/C25H30ClNO6/c1-25(2,3)13-27(23(29)16-12-17(16)24(30)31)21-18(10-14(26)11-20(21)33-5)22(28)15-8-6-7-9-19(15)32-4/h6-11,16-17,22,28H,12-13H2,1-5H3,(H,30,31)/t16?,17?,22-/m1/s1. The van der Waals surface area contributed by atoms with Gasteiger partial charge in [-0.15, -0.1) is 0 Å². The third kappa shape index (κ3) is 5.42. The maximum Gasteiger partial charge on any atom is 0.307 e. The Morgan fingerprint density at radius 1 is 1.09 bits per heavy atom. The Labute approximate surface area is 198 Å². The van der Waals surface area contributed by atoms with Gasteiger partial charge in [0, 0.05) is 28.8 Å². The first-order chi connectivity index (χ1) is 15.5. The normalized spacial score (nSPS) is 18.4. The number of methoxy groups -OCH3 is 2. The summed E-state index contributed by atoms with van der Waals surface area (Å²) < 4.78 is 11.0. The smallest absolute Gasteiger partial charge is 0.307 e. The molecule has 1 amide bonds. The molecule has 1 fully saturated rings. The highest BCUT2D eigenvalue weighted by Crippen LogP contribution is 2.47. The quantitative estimate of drug-likeness (QED) is 0.582. The molecule has 2 N–H and O–H groups in total. The Hall–Kier alpha value is -2.77. The van der Waals surface area contributed by atoms with Crippen LogP contribution in [0.4, 0.5) is 5.69 Å². The number of nitrogens with zero attached hydrogens (tertiary/aromatic N) is 1. The van der Waals surface area contributed by atoms with Crippen LogP contribution < -0.4 is 14.4 Å². The number of aliphatic hydroxyl groups is 1. The number of halogens is 1. The molecule has 8 heteroatoms. The summed E-state index contributed by atoms with van der Waals surface area (Å²) in [5.41, 5.74) is 0.925. The van der Waals surface area contributed by atoms with E-state index in [2.05, 4.69) is 0 Å². The van der Waals surface area contributed by atoms with E-state index in [1.54, 1.807) is 36.4 Å². The molecule has 0 heterocycles. The SMILES string of the molecule is COc1ccccc1[C@@H](O)c1cc(Cl)cc(OC)c1N(CC(C)(C)C)C(=O)C1CC1C(=O)O. The average Bonchev–Trinajstić information content (AvgIpc) is 3.56. The minimum Gasteiger partial charge on any atom is -0.496 e. The van der Waals surface area contributed by atoms with Crippen molar-refractivity contribution in [1.29, 1.82) is 0 Å². The molecule has 2 aromatic carbocycles. The van der Waals surface area contributed by atoms with Crippen molar-refractivity contribution < 1.29 is 29.3 Å². The number of amides is 1. The van der Waals surface area contributed by atoms with Gasteiger partial charge in [-0.2, -0.15) is 0 Å². The molecular formula is C25H30ClNO6. The second-order valence-electron chi connectivity index (χ2n) is 9.46. The van der Waals surface area contributed by atoms with E-state index >= 15 is 0 Å².